The molecule has 5 heteroatoms. The van der Waals surface area contributed by atoms with E-state index in [2.05, 4.69) is 5.32 Å². The molecule has 0 spiro atoms. The summed E-state index contributed by atoms with van der Waals surface area (Å²) >= 11 is 5.92. The first-order valence-corrected chi connectivity index (χ1v) is 7.66. The smallest absolute Gasteiger partial charge is 0.287 e. The van der Waals surface area contributed by atoms with Crippen molar-refractivity contribution in [2.45, 2.75) is 6.92 Å². The van der Waals surface area contributed by atoms with Gasteiger partial charge in [-0.15, -0.1) is 0 Å². The van der Waals surface area contributed by atoms with Gasteiger partial charge in [-0.3, -0.25) is 4.79 Å². The number of rotatable bonds is 5. The number of amides is 1. The maximum Gasteiger partial charge on any atom is 0.287 e. The normalized spacial score (nSPS) is 10.7. The summed E-state index contributed by atoms with van der Waals surface area (Å²) in [6, 6.07) is 14.7. The first-order valence-electron chi connectivity index (χ1n) is 7.28. The van der Waals surface area contributed by atoms with Gasteiger partial charge >= 0.3 is 0 Å². The molecule has 3 rings (SSSR count). The topological polar surface area (TPSA) is 51.5 Å². The van der Waals surface area contributed by atoms with Crippen molar-refractivity contribution < 1.29 is 13.9 Å². The molecule has 0 radical (unpaired) electrons. The summed E-state index contributed by atoms with van der Waals surface area (Å²) in [6.45, 7) is 2.79. The molecule has 3 aromatic rings. The van der Waals surface area contributed by atoms with E-state index in [9.17, 15) is 4.79 Å². The van der Waals surface area contributed by atoms with Crippen LogP contribution in [0.1, 0.15) is 16.1 Å². The van der Waals surface area contributed by atoms with Gasteiger partial charge < -0.3 is 14.5 Å². The van der Waals surface area contributed by atoms with Crippen molar-refractivity contribution >= 4 is 28.5 Å². The number of fused-ring (bicyclic) bond motifs is 1. The summed E-state index contributed by atoms with van der Waals surface area (Å²) in [7, 11) is 0. The van der Waals surface area contributed by atoms with Crippen molar-refractivity contribution in [1.82, 2.24) is 5.32 Å². The van der Waals surface area contributed by atoms with Gasteiger partial charge in [0.25, 0.3) is 5.91 Å². The van der Waals surface area contributed by atoms with E-state index in [-0.39, 0.29) is 11.7 Å². The third-order valence-electron chi connectivity index (χ3n) is 3.35. The van der Waals surface area contributed by atoms with Crippen LogP contribution in [0.5, 0.6) is 5.75 Å². The molecule has 1 amide bonds. The number of aryl methyl sites for hydroxylation is 1. The van der Waals surface area contributed by atoms with Crippen LogP contribution in [0.15, 0.2) is 52.9 Å². The molecular formula is C18H16ClNO3. The van der Waals surface area contributed by atoms with Crippen molar-refractivity contribution in [2.75, 3.05) is 13.2 Å². The molecule has 0 saturated carbocycles. The molecule has 4 nitrogen and oxygen atoms in total. The molecule has 23 heavy (non-hydrogen) atoms. The van der Waals surface area contributed by atoms with Gasteiger partial charge in [-0.2, -0.15) is 0 Å². The fourth-order valence-electron chi connectivity index (χ4n) is 2.25. The van der Waals surface area contributed by atoms with Crippen LogP contribution in [0.2, 0.25) is 5.02 Å². The van der Waals surface area contributed by atoms with Gasteiger partial charge in [-0.25, -0.2) is 0 Å². The minimum absolute atomic E-state index is 0.262. The zero-order valence-electron chi connectivity index (χ0n) is 12.6. The van der Waals surface area contributed by atoms with Crippen molar-refractivity contribution in [2.24, 2.45) is 0 Å². The fraction of sp³-hybridized carbons (Fsp3) is 0.167. The molecule has 0 bridgehead atoms. The number of ether oxygens (including phenoxy) is 1. The van der Waals surface area contributed by atoms with Gasteiger partial charge in [-0.1, -0.05) is 23.7 Å². The highest BCUT2D eigenvalue weighted by Gasteiger charge is 2.12. The first-order chi connectivity index (χ1) is 11.1. The summed E-state index contributed by atoms with van der Waals surface area (Å²) in [5.74, 6) is 0.778. The van der Waals surface area contributed by atoms with Gasteiger partial charge in [0.15, 0.2) is 5.76 Å². The standard InChI is InChI=1S/C18H16ClNO3/c1-12-3-2-4-15(9-12)22-8-7-20-18(21)17-11-13-10-14(19)5-6-16(13)23-17/h2-6,9-11H,7-8H2,1H3,(H,20,21). The van der Waals surface area contributed by atoms with Crippen LogP contribution in [-0.2, 0) is 0 Å². The zero-order chi connectivity index (χ0) is 16.2. The van der Waals surface area contributed by atoms with E-state index < -0.39 is 0 Å². The van der Waals surface area contributed by atoms with Crippen molar-refractivity contribution in [1.29, 1.82) is 0 Å². The highest BCUT2D eigenvalue weighted by Crippen LogP contribution is 2.22. The quantitative estimate of drug-likeness (QED) is 0.714. The molecule has 0 aliphatic heterocycles. The Morgan fingerprint density at radius 1 is 1.22 bits per heavy atom. The average molecular weight is 330 g/mol. The Bertz CT molecular complexity index is 841. The van der Waals surface area contributed by atoms with Crippen LogP contribution in [0.25, 0.3) is 11.0 Å². The number of hydrogen-bond donors (Lipinski definition) is 1. The van der Waals surface area contributed by atoms with E-state index in [1.165, 1.54) is 0 Å². The number of carbonyl (C=O) groups is 1. The third kappa shape index (κ3) is 3.85. The Labute approximate surface area is 139 Å². The van der Waals surface area contributed by atoms with Crippen molar-refractivity contribution in [3.8, 4) is 5.75 Å². The number of benzene rings is 2. The lowest BCUT2D eigenvalue weighted by Crippen LogP contribution is -2.27. The van der Waals surface area contributed by atoms with E-state index in [4.69, 9.17) is 20.8 Å². The summed E-state index contributed by atoms with van der Waals surface area (Å²) in [5.41, 5.74) is 1.77. The zero-order valence-corrected chi connectivity index (χ0v) is 13.4. The predicted octanol–water partition coefficient (Wildman–Crippen LogP) is 4.20. The summed E-state index contributed by atoms with van der Waals surface area (Å²) in [5, 5.41) is 4.18. The summed E-state index contributed by atoms with van der Waals surface area (Å²) < 4.78 is 11.1. The maximum atomic E-state index is 12.1. The van der Waals surface area contributed by atoms with Crippen LogP contribution in [0, 0.1) is 6.92 Å². The fourth-order valence-corrected chi connectivity index (χ4v) is 2.43. The number of nitrogens with one attached hydrogen (secondary N) is 1. The lowest BCUT2D eigenvalue weighted by atomic mass is 10.2. The van der Waals surface area contributed by atoms with Crippen LogP contribution in [0.4, 0.5) is 0 Å². The molecule has 0 fully saturated rings. The summed E-state index contributed by atoms with van der Waals surface area (Å²) in [4.78, 5) is 12.1. The molecule has 118 valence electrons. The number of halogens is 1. The number of hydrogen-bond acceptors (Lipinski definition) is 3. The van der Waals surface area contributed by atoms with Crippen molar-refractivity contribution in [3.63, 3.8) is 0 Å². The molecule has 0 saturated heterocycles. The minimum Gasteiger partial charge on any atom is -0.492 e. The van der Waals surface area contributed by atoms with E-state index in [0.717, 1.165) is 16.7 Å². The lowest BCUT2D eigenvalue weighted by molar-refractivity contribution is 0.0921. The van der Waals surface area contributed by atoms with Gasteiger partial charge in [0.1, 0.15) is 17.9 Å². The second-order valence-corrected chi connectivity index (χ2v) is 5.65. The van der Waals surface area contributed by atoms with E-state index in [1.54, 1.807) is 24.3 Å². The number of furan rings is 1. The molecule has 0 aliphatic rings. The van der Waals surface area contributed by atoms with E-state index >= 15 is 0 Å². The van der Waals surface area contributed by atoms with Crippen molar-refractivity contribution in [3.05, 3.63) is 64.9 Å². The molecule has 0 unspecified atom stereocenters. The minimum atomic E-state index is -0.273. The molecule has 0 atom stereocenters. The Morgan fingerprint density at radius 2 is 2.09 bits per heavy atom. The van der Waals surface area contributed by atoms with Gasteiger partial charge in [0.2, 0.25) is 0 Å². The third-order valence-corrected chi connectivity index (χ3v) is 3.58. The lowest BCUT2D eigenvalue weighted by Gasteiger charge is -2.07. The Morgan fingerprint density at radius 3 is 2.91 bits per heavy atom. The Balaban J connectivity index is 1.54. The second-order valence-electron chi connectivity index (χ2n) is 5.21. The monoisotopic (exact) mass is 329 g/mol. The predicted molar refractivity (Wildman–Crippen MR) is 90.2 cm³/mol. The molecule has 1 heterocycles. The average Bonchev–Trinajstić information content (AvgIpc) is 2.94. The van der Waals surface area contributed by atoms with E-state index in [0.29, 0.717) is 23.8 Å². The Hall–Kier alpha value is -2.46. The van der Waals surface area contributed by atoms with Crippen LogP contribution in [0.3, 0.4) is 0 Å². The number of carbonyl (C=O) groups excluding carboxylic acids is 1. The molecule has 2 aromatic carbocycles. The second kappa shape index (κ2) is 6.75. The highest BCUT2D eigenvalue weighted by molar-refractivity contribution is 6.31. The SMILES string of the molecule is Cc1cccc(OCCNC(=O)c2cc3cc(Cl)ccc3o2)c1. The highest BCUT2D eigenvalue weighted by atomic mass is 35.5. The van der Waals surface area contributed by atoms with Crippen LogP contribution < -0.4 is 10.1 Å². The largest absolute Gasteiger partial charge is 0.492 e. The Kier molecular flexibility index (Phi) is 4.53. The van der Waals surface area contributed by atoms with Crippen LogP contribution >= 0.6 is 11.6 Å². The molecule has 0 aliphatic carbocycles. The summed E-state index contributed by atoms with van der Waals surface area (Å²) in [6.07, 6.45) is 0. The van der Waals surface area contributed by atoms with Gasteiger partial charge in [0, 0.05) is 10.4 Å². The van der Waals surface area contributed by atoms with Gasteiger partial charge in [0.05, 0.1) is 6.54 Å². The molecular weight excluding hydrogens is 314 g/mol. The molecule has 1 aromatic heterocycles. The van der Waals surface area contributed by atoms with Crippen LogP contribution in [-0.4, -0.2) is 19.1 Å². The molecule has 1 N–H and O–H groups in total. The first kappa shape index (κ1) is 15.4. The van der Waals surface area contributed by atoms with E-state index in [1.807, 2.05) is 31.2 Å². The maximum absolute atomic E-state index is 12.1. The van der Waals surface area contributed by atoms with Gasteiger partial charge in [-0.05, 0) is 48.9 Å².